The van der Waals surface area contributed by atoms with Gasteiger partial charge in [-0.05, 0) is 23.6 Å². The zero-order valence-corrected chi connectivity index (χ0v) is 9.75. The van der Waals surface area contributed by atoms with Crippen LogP contribution in [0.5, 0.6) is 5.75 Å². The zero-order chi connectivity index (χ0) is 12.8. The first-order chi connectivity index (χ1) is 8.77. The molecule has 0 bridgehead atoms. The first kappa shape index (κ1) is 12.1. The van der Waals surface area contributed by atoms with Gasteiger partial charge in [0, 0.05) is 5.39 Å². The van der Waals surface area contributed by atoms with Crippen molar-refractivity contribution in [1.29, 1.82) is 0 Å². The quantitative estimate of drug-likeness (QED) is 0.618. The second-order valence-electron chi connectivity index (χ2n) is 3.80. The Labute approximate surface area is 105 Å². The first-order valence-electron chi connectivity index (χ1n) is 5.64. The summed E-state index contributed by atoms with van der Waals surface area (Å²) < 4.78 is 13.0. The molecule has 0 aliphatic heterocycles. The van der Waals surface area contributed by atoms with Crippen LogP contribution in [0, 0.1) is 5.82 Å². The van der Waals surface area contributed by atoms with Gasteiger partial charge in [-0.1, -0.05) is 54.6 Å². The van der Waals surface area contributed by atoms with Gasteiger partial charge in [-0.25, -0.2) is 4.39 Å². The zero-order valence-electron chi connectivity index (χ0n) is 9.75. The summed E-state index contributed by atoms with van der Waals surface area (Å²) >= 11 is 0. The molecule has 3 aromatic rings. The van der Waals surface area contributed by atoms with Crippen molar-refractivity contribution in [2.45, 2.75) is 0 Å². The molecule has 0 amide bonds. The fraction of sp³-hybridized carbons (Fsp3) is 0. The maximum absolute atomic E-state index is 13.0. The van der Waals surface area contributed by atoms with Gasteiger partial charge < -0.3 is 5.11 Å². The van der Waals surface area contributed by atoms with Crippen molar-refractivity contribution in [3.05, 3.63) is 78.6 Å². The molecule has 18 heavy (non-hydrogen) atoms. The van der Waals surface area contributed by atoms with Gasteiger partial charge in [-0.2, -0.15) is 0 Å². The number of aromatic hydroxyl groups is 1. The van der Waals surface area contributed by atoms with Crippen molar-refractivity contribution in [2.75, 3.05) is 0 Å². The van der Waals surface area contributed by atoms with Crippen LogP contribution in [0.2, 0.25) is 0 Å². The van der Waals surface area contributed by atoms with E-state index in [1.54, 1.807) is 36.4 Å². The number of rotatable bonds is 0. The second kappa shape index (κ2) is 5.82. The Hall–Kier alpha value is -2.35. The Morgan fingerprint density at radius 1 is 0.667 bits per heavy atom. The van der Waals surface area contributed by atoms with E-state index in [2.05, 4.69) is 0 Å². The van der Waals surface area contributed by atoms with Crippen LogP contribution in [-0.4, -0.2) is 5.11 Å². The maximum atomic E-state index is 13.0. The molecule has 3 rings (SSSR count). The fourth-order valence-electron chi connectivity index (χ4n) is 1.61. The first-order valence-corrected chi connectivity index (χ1v) is 5.64. The molecular weight excluding hydrogens is 227 g/mol. The summed E-state index contributed by atoms with van der Waals surface area (Å²) in [6.45, 7) is 0. The Morgan fingerprint density at radius 3 is 1.89 bits per heavy atom. The highest BCUT2D eigenvalue weighted by Crippen LogP contribution is 2.15. The number of fused-ring (bicyclic) bond motifs is 1. The fourth-order valence-corrected chi connectivity index (χ4v) is 1.61. The Bertz CT molecular complexity index is 615. The minimum atomic E-state index is -0.150. The van der Waals surface area contributed by atoms with Crippen LogP contribution >= 0.6 is 0 Å². The molecule has 0 aromatic heterocycles. The number of benzene rings is 3. The van der Waals surface area contributed by atoms with Crippen LogP contribution in [-0.2, 0) is 0 Å². The van der Waals surface area contributed by atoms with E-state index < -0.39 is 0 Å². The SMILES string of the molecule is Fc1cccc2ccccc12.Oc1ccccc1. The van der Waals surface area contributed by atoms with Gasteiger partial charge in [0.15, 0.2) is 0 Å². The van der Waals surface area contributed by atoms with E-state index in [-0.39, 0.29) is 5.82 Å². The van der Waals surface area contributed by atoms with Gasteiger partial charge in [0.1, 0.15) is 11.6 Å². The van der Waals surface area contributed by atoms with Crippen LogP contribution in [0.4, 0.5) is 4.39 Å². The van der Waals surface area contributed by atoms with Crippen molar-refractivity contribution in [3.8, 4) is 5.75 Å². The predicted octanol–water partition coefficient (Wildman–Crippen LogP) is 4.37. The van der Waals surface area contributed by atoms with Crippen LogP contribution < -0.4 is 0 Å². The molecular formula is C16H13FO. The highest BCUT2D eigenvalue weighted by molar-refractivity contribution is 5.82. The van der Waals surface area contributed by atoms with Crippen LogP contribution in [0.25, 0.3) is 10.8 Å². The molecule has 0 aliphatic carbocycles. The maximum Gasteiger partial charge on any atom is 0.131 e. The molecule has 0 fully saturated rings. The van der Waals surface area contributed by atoms with E-state index in [9.17, 15) is 4.39 Å². The Morgan fingerprint density at radius 2 is 1.28 bits per heavy atom. The summed E-state index contributed by atoms with van der Waals surface area (Å²) in [5.74, 6) is 0.172. The third kappa shape index (κ3) is 3.08. The molecule has 0 aliphatic rings. The van der Waals surface area contributed by atoms with Gasteiger partial charge >= 0.3 is 0 Å². The minimum absolute atomic E-state index is 0.150. The highest BCUT2D eigenvalue weighted by atomic mass is 19.1. The van der Waals surface area contributed by atoms with E-state index in [1.807, 2.05) is 30.3 Å². The lowest BCUT2D eigenvalue weighted by molar-refractivity contribution is 0.475. The standard InChI is InChI=1S/C10H7F.C6H6O/c11-10-7-3-5-8-4-1-2-6-9(8)10;7-6-4-2-1-3-5-6/h1-7H;1-5,7H. The molecule has 3 aromatic carbocycles. The molecule has 0 saturated carbocycles. The summed E-state index contributed by atoms with van der Waals surface area (Å²) in [6.07, 6.45) is 0. The van der Waals surface area contributed by atoms with Gasteiger partial charge in [0.25, 0.3) is 0 Å². The number of phenolic OH excluding ortho intramolecular Hbond substituents is 1. The molecule has 0 atom stereocenters. The smallest absolute Gasteiger partial charge is 0.131 e. The second-order valence-corrected chi connectivity index (χ2v) is 3.80. The lowest BCUT2D eigenvalue weighted by atomic mass is 10.1. The lowest BCUT2D eigenvalue weighted by Gasteiger charge is -1.95. The normalized spacial score (nSPS) is 9.61. The largest absolute Gasteiger partial charge is 0.508 e. The molecule has 0 saturated heterocycles. The van der Waals surface area contributed by atoms with Gasteiger partial charge in [-0.3, -0.25) is 0 Å². The lowest BCUT2D eigenvalue weighted by Crippen LogP contribution is -1.76. The summed E-state index contributed by atoms with van der Waals surface area (Å²) in [5, 5.41) is 10.3. The molecule has 0 unspecified atom stereocenters. The van der Waals surface area contributed by atoms with E-state index in [0.717, 1.165) is 5.39 Å². The summed E-state index contributed by atoms with van der Waals surface area (Å²) in [7, 11) is 0. The number of para-hydroxylation sites is 1. The van der Waals surface area contributed by atoms with Crippen molar-refractivity contribution in [2.24, 2.45) is 0 Å². The van der Waals surface area contributed by atoms with Crippen molar-refractivity contribution in [1.82, 2.24) is 0 Å². The predicted molar refractivity (Wildman–Crippen MR) is 72.0 cm³/mol. The summed E-state index contributed by atoms with van der Waals surface area (Å²) in [4.78, 5) is 0. The topological polar surface area (TPSA) is 20.2 Å². The van der Waals surface area contributed by atoms with E-state index in [1.165, 1.54) is 6.07 Å². The third-order valence-corrected chi connectivity index (χ3v) is 2.49. The summed E-state index contributed by atoms with van der Waals surface area (Å²) in [6, 6.07) is 21.2. The molecule has 1 N–H and O–H groups in total. The molecule has 1 nitrogen and oxygen atoms in total. The average Bonchev–Trinajstić information content (AvgIpc) is 2.41. The van der Waals surface area contributed by atoms with E-state index in [0.29, 0.717) is 11.1 Å². The van der Waals surface area contributed by atoms with Crippen molar-refractivity contribution >= 4 is 10.8 Å². The number of hydrogen-bond acceptors (Lipinski definition) is 1. The monoisotopic (exact) mass is 240 g/mol. The third-order valence-electron chi connectivity index (χ3n) is 2.49. The van der Waals surface area contributed by atoms with Crippen molar-refractivity contribution < 1.29 is 9.50 Å². The molecule has 0 spiro atoms. The highest BCUT2D eigenvalue weighted by Gasteiger charge is 1.95. The van der Waals surface area contributed by atoms with E-state index >= 15 is 0 Å². The van der Waals surface area contributed by atoms with Crippen LogP contribution in [0.15, 0.2) is 72.8 Å². The molecule has 2 heteroatoms. The molecule has 0 radical (unpaired) electrons. The Kier molecular flexibility index (Phi) is 3.92. The molecule has 90 valence electrons. The summed E-state index contributed by atoms with van der Waals surface area (Å²) in [5.41, 5.74) is 0. The number of hydrogen-bond donors (Lipinski definition) is 1. The molecule has 0 heterocycles. The van der Waals surface area contributed by atoms with E-state index in [4.69, 9.17) is 5.11 Å². The average molecular weight is 240 g/mol. The number of halogens is 1. The van der Waals surface area contributed by atoms with Gasteiger partial charge in [0.2, 0.25) is 0 Å². The van der Waals surface area contributed by atoms with Gasteiger partial charge in [0.05, 0.1) is 0 Å². The number of phenols is 1. The van der Waals surface area contributed by atoms with Crippen LogP contribution in [0.3, 0.4) is 0 Å². The minimum Gasteiger partial charge on any atom is -0.508 e. The van der Waals surface area contributed by atoms with Crippen LogP contribution in [0.1, 0.15) is 0 Å². The Balaban J connectivity index is 0.000000149. The van der Waals surface area contributed by atoms with Crippen molar-refractivity contribution in [3.63, 3.8) is 0 Å². The van der Waals surface area contributed by atoms with Gasteiger partial charge in [-0.15, -0.1) is 0 Å².